The lowest BCUT2D eigenvalue weighted by Crippen LogP contribution is -2.51. The molecule has 0 saturated carbocycles. The average Bonchev–Trinajstić information content (AvgIpc) is 3.36. The first-order valence-electron chi connectivity index (χ1n) is 11.1. The zero-order valence-corrected chi connectivity index (χ0v) is 19.0. The number of carbonyl (C=O) groups is 3. The second-order valence-electron chi connectivity index (χ2n) is 7.82. The van der Waals surface area contributed by atoms with E-state index in [0.717, 1.165) is 12.0 Å². The largest absolute Gasteiger partial charge is 0.496 e. The standard InChI is InChI=1S/C25H28N4O5/c1-33-22-12-6-5-11-20(22)23(30)28-21(24(31)29-15-7-10-19(29)16-26)13-14-27-25(32)34-17-18-8-3-2-4-9-18/h2-6,8-9,11-12,19,21H,7,10,13-15,17H2,1H3,(H,27,32)(H,28,30)/t19?,21-/m0/s1. The van der Waals surface area contributed by atoms with Crippen molar-refractivity contribution >= 4 is 17.9 Å². The molecule has 2 aromatic carbocycles. The summed E-state index contributed by atoms with van der Waals surface area (Å²) in [5.41, 5.74) is 1.14. The van der Waals surface area contributed by atoms with Gasteiger partial charge in [-0.25, -0.2) is 4.79 Å². The number of benzene rings is 2. The van der Waals surface area contributed by atoms with E-state index >= 15 is 0 Å². The molecule has 1 saturated heterocycles. The van der Waals surface area contributed by atoms with E-state index in [9.17, 15) is 19.6 Å². The van der Waals surface area contributed by atoms with Gasteiger partial charge in [0.2, 0.25) is 5.91 Å². The molecule has 0 bridgehead atoms. The quantitative estimate of drug-likeness (QED) is 0.589. The molecule has 0 aromatic heterocycles. The Balaban J connectivity index is 1.63. The number of hydrogen-bond acceptors (Lipinski definition) is 6. The molecule has 9 nitrogen and oxygen atoms in total. The van der Waals surface area contributed by atoms with Crippen LogP contribution in [0, 0.1) is 11.3 Å². The van der Waals surface area contributed by atoms with Crippen molar-refractivity contribution in [2.45, 2.75) is 38.0 Å². The van der Waals surface area contributed by atoms with Crippen molar-refractivity contribution in [2.75, 3.05) is 20.2 Å². The molecule has 1 aliphatic heterocycles. The third-order valence-electron chi connectivity index (χ3n) is 5.56. The lowest BCUT2D eigenvalue weighted by atomic mass is 10.1. The number of alkyl carbamates (subject to hydrolysis) is 1. The minimum atomic E-state index is -0.930. The smallest absolute Gasteiger partial charge is 0.407 e. The Kier molecular flexibility index (Phi) is 8.86. The molecule has 1 aliphatic rings. The Bertz CT molecular complexity index is 1040. The number of ether oxygens (including phenoxy) is 2. The first-order chi connectivity index (χ1) is 16.5. The van der Waals surface area contributed by atoms with Crippen LogP contribution >= 0.6 is 0 Å². The fraction of sp³-hybridized carbons (Fsp3) is 0.360. The second kappa shape index (κ2) is 12.3. The molecule has 1 unspecified atom stereocenters. The number of carbonyl (C=O) groups excluding carboxylic acids is 3. The van der Waals surface area contributed by atoms with Crippen LogP contribution in [-0.4, -0.2) is 55.1 Å². The number of methoxy groups -OCH3 is 1. The Hall–Kier alpha value is -4.06. The van der Waals surface area contributed by atoms with Gasteiger partial charge in [0.1, 0.15) is 24.4 Å². The maximum absolute atomic E-state index is 13.2. The van der Waals surface area contributed by atoms with Crippen LogP contribution in [0.5, 0.6) is 5.75 Å². The Morgan fingerprint density at radius 3 is 2.62 bits per heavy atom. The number of hydrogen-bond donors (Lipinski definition) is 2. The average molecular weight is 465 g/mol. The summed E-state index contributed by atoms with van der Waals surface area (Å²) in [6, 6.07) is 16.6. The summed E-state index contributed by atoms with van der Waals surface area (Å²) in [6.45, 7) is 0.670. The normalized spacial score (nSPS) is 15.6. The lowest BCUT2D eigenvalue weighted by Gasteiger charge is -2.26. The summed E-state index contributed by atoms with van der Waals surface area (Å²) in [4.78, 5) is 39.7. The van der Waals surface area contributed by atoms with Crippen molar-refractivity contribution in [2.24, 2.45) is 0 Å². The molecule has 3 rings (SSSR count). The zero-order chi connectivity index (χ0) is 24.3. The van der Waals surface area contributed by atoms with Crippen molar-refractivity contribution in [1.82, 2.24) is 15.5 Å². The molecule has 0 spiro atoms. The Morgan fingerprint density at radius 2 is 1.88 bits per heavy atom. The van der Waals surface area contributed by atoms with Gasteiger partial charge in [-0.15, -0.1) is 0 Å². The number of amides is 3. The van der Waals surface area contributed by atoms with Crippen molar-refractivity contribution in [3.8, 4) is 11.8 Å². The maximum Gasteiger partial charge on any atom is 0.407 e. The van der Waals surface area contributed by atoms with Gasteiger partial charge < -0.3 is 25.0 Å². The SMILES string of the molecule is COc1ccccc1C(=O)N[C@@H](CCNC(=O)OCc1ccccc1)C(=O)N1CCCC1C#N. The summed E-state index contributed by atoms with van der Waals surface area (Å²) in [6.07, 6.45) is 0.831. The highest BCUT2D eigenvalue weighted by Crippen LogP contribution is 2.20. The lowest BCUT2D eigenvalue weighted by molar-refractivity contribution is -0.133. The van der Waals surface area contributed by atoms with Crippen LogP contribution < -0.4 is 15.4 Å². The van der Waals surface area contributed by atoms with E-state index in [1.807, 2.05) is 30.3 Å². The molecule has 3 amide bonds. The molecule has 2 N–H and O–H groups in total. The van der Waals surface area contributed by atoms with Crippen LogP contribution in [0.25, 0.3) is 0 Å². The number of likely N-dealkylation sites (tertiary alicyclic amines) is 1. The van der Waals surface area contributed by atoms with E-state index in [2.05, 4.69) is 16.7 Å². The molecule has 9 heteroatoms. The van der Waals surface area contributed by atoms with Crippen LogP contribution in [0.3, 0.4) is 0 Å². The van der Waals surface area contributed by atoms with Crippen molar-refractivity contribution in [1.29, 1.82) is 5.26 Å². The highest BCUT2D eigenvalue weighted by molar-refractivity contribution is 5.99. The van der Waals surface area contributed by atoms with Crippen molar-refractivity contribution in [3.63, 3.8) is 0 Å². The van der Waals surface area contributed by atoms with Crippen molar-refractivity contribution < 1.29 is 23.9 Å². The molecule has 1 fully saturated rings. The molecule has 2 aromatic rings. The maximum atomic E-state index is 13.2. The molecular formula is C25H28N4O5. The van der Waals surface area contributed by atoms with E-state index < -0.39 is 24.1 Å². The summed E-state index contributed by atoms with van der Waals surface area (Å²) >= 11 is 0. The summed E-state index contributed by atoms with van der Waals surface area (Å²) in [7, 11) is 1.46. The van der Waals surface area contributed by atoms with E-state index in [4.69, 9.17) is 9.47 Å². The van der Waals surface area contributed by atoms with E-state index in [1.165, 1.54) is 12.0 Å². The minimum Gasteiger partial charge on any atom is -0.496 e. The fourth-order valence-corrected chi connectivity index (χ4v) is 3.78. The van der Waals surface area contributed by atoms with Crippen LogP contribution in [0.2, 0.25) is 0 Å². The Labute approximate surface area is 198 Å². The first-order valence-corrected chi connectivity index (χ1v) is 11.1. The zero-order valence-electron chi connectivity index (χ0n) is 19.0. The molecule has 0 radical (unpaired) electrons. The topological polar surface area (TPSA) is 121 Å². The third kappa shape index (κ3) is 6.48. The van der Waals surface area contributed by atoms with Crippen LogP contribution in [0.15, 0.2) is 54.6 Å². The van der Waals surface area contributed by atoms with Gasteiger partial charge in [0, 0.05) is 13.1 Å². The van der Waals surface area contributed by atoms with Crippen LogP contribution in [-0.2, 0) is 16.1 Å². The number of para-hydroxylation sites is 1. The van der Waals surface area contributed by atoms with Gasteiger partial charge in [-0.05, 0) is 37.0 Å². The molecular weight excluding hydrogens is 436 g/mol. The highest BCUT2D eigenvalue weighted by atomic mass is 16.5. The van der Waals surface area contributed by atoms with Gasteiger partial charge >= 0.3 is 6.09 Å². The molecule has 0 aliphatic carbocycles. The number of rotatable bonds is 9. The third-order valence-corrected chi connectivity index (χ3v) is 5.56. The summed E-state index contributed by atoms with van der Waals surface area (Å²) < 4.78 is 10.4. The fourth-order valence-electron chi connectivity index (χ4n) is 3.78. The first kappa shape index (κ1) is 24.6. The molecule has 178 valence electrons. The van der Waals surface area contributed by atoms with Crippen LogP contribution in [0.4, 0.5) is 4.79 Å². The van der Waals surface area contributed by atoms with Gasteiger partial charge in [-0.2, -0.15) is 5.26 Å². The minimum absolute atomic E-state index is 0.0985. The van der Waals surface area contributed by atoms with Crippen LogP contribution in [0.1, 0.15) is 35.2 Å². The van der Waals surface area contributed by atoms with Crippen molar-refractivity contribution in [3.05, 3.63) is 65.7 Å². The van der Waals surface area contributed by atoms with E-state index in [0.29, 0.717) is 18.7 Å². The Morgan fingerprint density at radius 1 is 1.15 bits per heavy atom. The number of nitrogens with one attached hydrogen (secondary N) is 2. The summed E-state index contributed by atoms with van der Waals surface area (Å²) in [5, 5.41) is 14.7. The van der Waals surface area contributed by atoms with Gasteiger partial charge in [0.05, 0.1) is 18.7 Å². The van der Waals surface area contributed by atoms with Gasteiger partial charge in [-0.1, -0.05) is 42.5 Å². The van der Waals surface area contributed by atoms with Gasteiger partial charge in [0.15, 0.2) is 0 Å². The highest BCUT2D eigenvalue weighted by Gasteiger charge is 2.34. The summed E-state index contributed by atoms with van der Waals surface area (Å²) in [5.74, 6) is -0.452. The van der Waals surface area contributed by atoms with E-state index in [-0.39, 0.29) is 31.0 Å². The molecule has 2 atom stereocenters. The van der Waals surface area contributed by atoms with Gasteiger partial charge in [0.25, 0.3) is 5.91 Å². The van der Waals surface area contributed by atoms with E-state index in [1.54, 1.807) is 24.3 Å². The predicted molar refractivity (Wildman–Crippen MR) is 124 cm³/mol. The molecule has 34 heavy (non-hydrogen) atoms. The van der Waals surface area contributed by atoms with Gasteiger partial charge in [-0.3, -0.25) is 9.59 Å². The number of nitrogens with zero attached hydrogens (tertiary/aromatic N) is 2. The second-order valence-corrected chi connectivity index (χ2v) is 7.82. The predicted octanol–water partition coefficient (Wildman–Crippen LogP) is 2.62. The molecule has 1 heterocycles. The number of nitriles is 1. The monoisotopic (exact) mass is 464 g/mol.